The Morgan fingerprint density at radius 3 is 2.54 bits per heavy atom. The van der Waals surface area contributed by atoms with Crippen molar-refractivity contribution in [1.82, 2.24) is 0 Å². The lowest BCUT2D eigenvalue weighted by Gasteiger charge is -2.11. The van der Waals surface area contributed by atoms with E-state index in [1.54, 1.807) is 0 Å². The molecule has 0 fully saturated rings. The van der Waals surface area contributed by atoms with E-state index in [2.05, 4.69) is 10.3 Å². The highest BCUT2D eigenvalue weighted by molar-refractivity contribution is 5.92. The van der Waals surface area contributed by atoms with Gasteiger partial charge in [-0.1, -0.05) is 12.1 Å². The monoisotopic (exact) mass is 327 g/mol. The molecule has 0 aliphatic carbocycles. The van der Waals surface area contributed by atoms with E-state index >= 15 is 0 Å². The van der Waals surface area contributed by atoms with Gasteiger partial charge < -0.3 is 20.5 Å². The summed E-state index contributed by atoms with van der Waals surface area (Å²) < 4.78 is 11.2. The quantitative estimate of drug-likeness (QED) is 0.463. The summed E-state index contributed by atoms with van der Waals surface area (Å²) in [6, 6.07) is 15.5. The number of guanidine groups is 1. The minimum Gasteiger partial charge on any atom is -0.492 e. The van der Waals surface area contributed by atoms with Gasteiger partial charge in [-0.15, -0.1) is 0 Å². The number of benzene rings is 2. The van der Waals surface area contributed by atoms with E-state index < -0.39 is 0 Å². The molecule has 128 valence electrons. The van der Waals surface area contributed by atoms with Crippen LogP contribution in [0.25, 0.3) is 0 Å². The fourth-order valence-electron chi connectivity index (χ4n) is 2.11. The zero-order valence-corrected chi connectivity index (χ0v) is 14.5. The highest BCUT2D eigenvalue weighted by atomic mass is 16.5. The lowest BCUT2D eigenvalue weighted by molar-refractivity contribution is 0.242. The molecular formula is C19H25N3O2. The van der Waals surface area contributed by atoms with Crippen molar-refractivity contribution in [3.63, 3.8) is 0 Å². The van der Waals surface area contributed by atoms with E-state index in [1.807, 2.05) is 69.3 Å². The molecule has 0 bridgehead atoms. The summed E-state index contributed by atoms with van der Waals surface area (Å²) in [5.41, 5.74) is 7.92. The van der Waals surface area contributed by atoms with E-state index in [0.29, 0.717) is 19.1 Å². The van der Waals surface area contributed by atoms with Crippen LogP contribution in [0.3, 0.4) is 0 Å². The molecule has 0 atom stereocenters. The lowest BCUT2D eigenvalue weighted by Crippen LogP contribution is -2.23. The Morgan fingerprint density at radius 1 is 1.12 bits per heavy atom. The number of aliphatic imine (C=N–C) groups is 1. The molecule has 0 spiro atoms. The molecular weight excluding hydrogens is 302 g/mol. The molecule has 2 aromatic rings. The summed E-state index contributed by atoms with van der Waals surface area (Å²) >= 11 is 0. The third-order valence-corrected chi connectivity index (χ3v) is 3.13. The standard InChI is InChI=1S/C19H25N3O2/c1-14(2)24-17-9-7-16(8-10-17)22-19(20)21-11-12-23-18-6-4-5-15(3)13-18/h4-10,13-14H,11-12H2,1-3H3,(H3,20,21,22). The Bertz CT molecular complexity index is 667. The SMILES string of the molecule is Cc1cccc(OCCN=C(N)Nc2ccc(OC(C)C)cc2)c1. The summed E-state index contributed by atoms with van der Waals surface area (Å²) in [5.74, 6) is 2.04. The van der Waals surface area contributed by atoms with E-state index in [-0.39, 0.29) is 6.10 Å². The topological polar surface area (TPSA) is 68.9 Å². The van der Waals surface area contributed by atoms with Crippen molar-refractivity contribution in [1.29, 1.82) is 0 Å². The summed E-state index contributed by atoms with van der Waals surface area (Å²) in [7, 11) is 0. The maximum atomic E-state index is 5.88. The van der Waals surface area contributed by atoms with Crippen molar-refractivity contribution in [2.24, 2.45) is 10.7 Å². The normalized spacial score (nSPS) is 11.4. The summed E-state index contributed by atoms with van der Waals surface area (Å²) in [6.07, 6.45) is 0.156. The first-order valence-corrected chi connectivity index (χ1v) is 8.06. The third-order valence-electron chi connectivity index (χ3n) is 3.13. The number of nitrogens with zero attached hydrogens (tertiary/aromatic N) is 1. The first-order chi connectivity index (χ1) is 11.5. The highest BCUT2D eigenvalue weighted by Gasteiger charge is 1.99. The summed E-state index contributed by atoms with van der Waals surface area (Å²) in [6.45, 7) is 6.99. The Balaban J connectivity index is 1.77. The van der Waals surface area contributed by atoms with Crippen LogP contribution in [0.2, 0.25) is 0 Å². The second-order valence-electron chi connectivity index (χ2n) is 5.75. The van der Waals surface area contributed by atoms with Crippen molar-refractivity contribution in [3.05, 3.63) is 54.1 Å². The van der Waals surface area contributed by atoms with Crippen LogP contribution in [0.1, 0.15) is 19.4 Å². The number of nitrogens with one attached hydrogen (secondary N) is 1. The number of anilines is 1. The summed E-state index contributed by atoms with van der Waals surface area (Å²) in [4.78, 5) is 4.25. The van der Waals surface area contributed by atoms with Crippen molar-refractivity contribution in [2.45, 2.75) is 26.9 Å². The van der Waals surface area contributed by atoms with Gasteiger partial charge >= 0.3 is 0 Å². The molecule has 0 heterocycles. The van der Waals surface area contributed by atoms with Crippen LogP contribution in [0.15, 0.2) is 53.5 Å². The van der Waals surface area contributed by atoms with E-state index in [9.17, 15) is 0 Å². The average Bonchev–Trinajstić information content (AvgIpc) is 2.53. The Labute approximate surface area is 143 Å². The minimum atomic E-state index is 0.156. The molecule has 0 saturated carbocycles. The molecule has 2 aromatic carbocycles. The molecule has 0 radical (unpaired) electrons. The molecule has 0 amide bonds. The fourth-order valence-corrected chi connectivity index (χ4v) is 2.11. The van der Waals surface area contributed by atoms with Gasteiger partial charge in [-0.3, -0.25) is 0 Å². The Kier molecular flexibility index (Phi) is 6.49. The smallest absolute Gasteiger partial charge is 0.193 e. The average molecular weight is 327 g/mol. The second kappa shape index (κ2) is 8.82. The molecule has 0 saturated heterocycles. The van der Waals surface area contributed by atoms with Crippen molar-refractivity contribution in [2.75, 3.05) is 18.5 Å². The van der Waals surface area contributed by atoms with Crippen molar-refractivity contribution in [3.8, 4) is 11.5 Å². The van der Waals surface area contributed by atoms with Gasteiger partial charge in [0.1, 0.15) is 18.1 Å². The Morgan fingerprint density at radius 2 is 1.88 bits per heavy atom. The van der Waals surface area contributed by atoms with Crippen LogP contribution in [0.5, 0.6) is 11.5 Å². The lowest BCUT2D eigenvalue weighted by atomic mass is 10.2. The Hall–Kier alpha value is -2.69. The maximum absolute atomic E-state index is 5.88. The number of aryl methyl sites for hydroxylation is 1. The first kappa shape index (κ1) is 17.7. The highest BCUT2D eigenvalue weighted by Crippen LogP contribution is 2.16. The van der Waals surface area contributed by atoms with E-state index in [0.717, 1.165) is 17.2 Å². The van der Waals surface area contributed by atoms with Crippen LogP contribution in [0, 0.1) is 6.92 Å². The van der Waals surface area contributed by atoms with Crippen LogP contribution in [-0.2, 0) is 0 Å². The van der Waals surface area contributed by atoms with Crippen LogP contribution in [-0.4, -0.2) is 25.2 Å². The van der Waals surface area contributed by atoms with Crippen LogP contribution >= 0.6 is 0 Å². The third kappa shape index (κ3) is 6.20. The van der Waals surface area contributed by atoms with Gasteiger partial charge in [-0.2, -0.15) is 0 Å². The molecule has 0 aliphatic rings. The molecule has 5 heteroatoms. The van der Waals surface area contributed by atoms with Gasteiger partial charge in [-0.25, -0.2) is 4.99 Å². The number of ether oxygens (including phenoxy) is 2. The molecule has 5 nitrogen and oxygen atoms in total. The molecule has 0 aliphatic heterocycles. The number of nitrogens with two attached hydrogens (primary N) is 1. The van der Waals surface area contributed by atoms with Crippen LogP contribution in [0.4, 0.5) is 5.69 Å². The van der Waals surface area contributed by atoms with Gasteiger partial charge in [0.25, 0.3) is 0 Å². The first-order valence-electron chi connectivity index (χ1n) is 8.06. The van der Waals surface area contributed by atoms with Crippen molar-refractivity contribution >= 4 is 11.6 Å². The van der Waals surface area contributed by atoms with Crippen molar-refractivity contribution < 1.29 is 9.47 Å². The van der Waals surface area contributed by atoms with Gasteiger partial charge in [0, 0.05) is 5.69 Å². The molecule has 0 unspecified atom stereocenters. The fraction of sp³-hybridized carbons (Fsp3) is 0.316. The van der Waals surface area contributed by atoms with Gasteiger partial charge in [0.05, 0.1) is 12.6 Å². The van der Waals surface area contributed by atoms with E-state index in [1.165, 1.54) is 5.56 Å². The predicted molar refractivity (Wildman–Crippen MR) is 99.0 cm³/mol. The molecule has 24 heavy (non-hydrogen) atoms. The van der Waals surface area contributed by atoms with E-state index in [4.69, 9.17) is 15.2 Å². The zero-order valence-electron chi connectivity index (χ0n) is 14.5. The zero-order chi connectivity index (χ0) is 17.4. The van der Waals surface area contributed by atoms with Gasteiger partial charge in [0.2, 0.25) is 0 Å². The maximum Gasteiger partial charge on any atom is 0.193 e. The van der Waals surface area contributed by atoms with Gasteiger partial charge in [-0.05, 0) is 62.7 Å². The molecule has 0 aromatic heterocycles. The molecule has 3 N–H and O–H groups in total. The number of rotatable bonds is 7. The largest absolute Gasteiger partial charge is 0.492 e. The number of hydrogen-bond donors (Lipinski definition) is 2. The number of hydrogen-bond acceptors (Lipinski definition) is 3. The van der Waals surface area contributed by atoms with Crippen LogP contribution < -0.4 is 20.5 Å². The minimum absolute atomic E-state index is 0.156. The summed E-state index contributed by atoms with van der Waals surface area (Å²) in [5, 5.41) is 3.05. The molecule has 2 rings (SSSR count). The second-order valence-corrected chi connectivity index (χ2v) is 5.75. The predicted octanol–water partition coefficient (Wildman–Crippen LogP) is 3.59. The van der Waals surface area contributed by atoms with Gasteiger partial charge in [0.15, 0.2) is 5.96 Å².